The molecule has 1 N–H and O–H groups in total. The van der Waals surface area contributed by atoms with E-state index in [9.17, 15) is 14.8 Å². The van der Waals surface area contributed by atoms with Crippen molar-refractivity contribution in [3.8, 4) is 5.75 Å². The monoisotopic (exact) mass is 249 g/mol. The number of fused-ring (bicyclic) bond motifs is 1. The van der Waals surface area contributed by atoms with Gasteiger partial charge in [0.2, 0.25) is 5.60 Å². The van der Waals surface area contributed by atoms with Crippen LogP contribution in [0, 0.1) is 25.7 Å². The maximum atomic E-state index is 11.2. The second kappa shape index (κ2) is 3.80. The minimum atomic E-state index is -1.26. The van der Waals surface area contributed by atoms with E-state index in [-0.39, 0.29) is 6.42 Å². The van der Waals surface area contributed by atoms with E-state index >= 15 is 0 Å². The molecule has 5 heteroatoms. The van der Waals surface area contributed by atoms with E-state index in [1.165, 1.54) is 6.92 Å². The van der Waals surface area contributed by atoms with Crippen molar-refractivity contribution >= 4 is 11.7 Å². The molecule has 1 aromatic carbocycles. The molecule has 0 spiro atoms. The lowest BCUT2D eigenvalue weighted by molar-refractivity contribution is -0.152. The molecule has 0 aromatic heterocycles. The molecule has 1 aliphatic heterocycles. The van der Waals surface area contributed by atoms with Crippen LogP contribution in [0.5, 0.6) is 5.75 Å². The quantitative estimate of drug-likeness (QED) is 0.817. The number of nitrogens with zero attached hydrogens (tertiary/aromatic N) is 1. The van der Waals surface area contributed by atoms with Gasteiger partial charge >= 0.3 is 5.97 Å². The number of hydrogen-bond donors (Lipinski definition) is 1. The molecular weight excluding hydrogens is 234 g/mol. The summed E-state index contributed by atoms with van der Waals surface area (Å²) in [4.78, 5) is 22.1. The summed E-state index contributed by atoms with van der Waals surface area (Å²) in [5.74, 6) is -0.418. The van der Waals surface area contributed by atoms with E-state index in [2.05, 4.69) is 5.18 Å². The molecule has 0 saturated carbocycles. The molecule has 0 bridgehead atoms. The summed E-state index contributed by atoms with van der Waals surface area (Å²) in [6.07, 6.45) is 0.257. The zero-order valence-electron chi connectivity index (χ0n) is 10.8. The van der Waals surface area contributed by atoms with Crippen molar-refractivity contribution in [2.45, 2.75) is 39.7 Å². The molecule has 1 aliphatic rings. The molecule has 1 unspecified atom stereocenters. The van der Waals surface area contributed by atoms with Gasteiger partial charge in [0, 0.05) is 12.0 Å². The highest BCUT2D eigenvalue weighted by Crippen LogP contribution is 2.45. The van der Waals surface area contributed by atoms with E-state index in [4.69, 9.17) is 4.74 Å². The van der Waals surface area contributed by atoms with Crippen LogP contribution in [0.25, 0.3) is 0 Å². The molecule has 1 atom stereocenters. The summed E-state index contributed by atoms with van der Waals surface area (Å²) in [6, 6.07) is 0. The van der Waals surface area contributed by atoms with Crippen LogP contribution < -0.4 is 4.74 Å². The molecule has 1 aromatic rings. The van der Waals surface area contributed by atoms with Gasteiger partial charge in [-0.1, -0.05) is 0 Å². The van der Waals surface area contributed by atoms with E-state index in [0.717, 1.165) is 16.7 Å². The molecule has 0 amide bonds. The van der Waals surface area contributed by atoms with Crippen LogP contribution in [0.1, 0.15) is 29.2 Å². The third-order valence-electron chi connectivity index (χ3n) is 3.73. The lowest BCUT2D eigenvalue weighted by atomic mass is 9.92. The minimum Gasteiger partial charge on any atom is -0.478 e. The molecule has 0 fully saturated rings. The molecule has 96 valence electrons. The van der Waals surface area contributed by atoms with Crippen LogP contribution in [0.3, 0.4) is 0 Å². The fourth-order valence-electron chi connectivity index (χ4n) is 2.37. The Kier molecular flexibility index (Phi) is 2.65. The van der Waals surface area contributed by atoms with Crippen molar-refractivity contribution in [3.63, 3.8) is 0 Å². The van der Waals surface area contributed by atoms with E-state index < -0.39 is 11.6 Å². The van der Waals surface area contributed by atoms with E-state index in [1.54, 1.807) is 13.8 Å². The topological polar surface area (TPSA) is 76.0 Å². The number of hydrogen-bond acceptors (Lipinski definition) is 4. The minimum absolute atomic E-state index is 0.257. The van der Waals surface area contributed by atoms with E-state index in [1.807, 2.05) is 6.92 Å². The summed E-state index contributed by atoms with van der Waals surface area (Å²) in [7, 11) is 0. The molecule has 5 nitrogen and oxygen atoms in total. The first kappa shape index (κ1) is 12.5. The average molecular weight is 249 g/mol. The fraction of sp³-hybridized carbons (Fsp3) is 0.462. The van der Waals surface area contributed by atoms with Gasteiger partial charge in [-0.2, -0.15) is 0 Å². The van der Waals surface area contributed by atoms with Crippen molar-refractivity contribution in [1.29, 1.82) is 0 Å². The first-order chi connectivity index (χ1) is 8.31. The van der Waals surface area contributed by atoms with Gasteiger partial charge in [0.1, 0.15) is 11.4 Å². The molecule has 1 heterocycles. The van der Waals surface area contributed by atoms with Crippen LogP contribution in [0.15, 0.2) is 5.18 Å². The lowest BCUT2D eigenvalue weighted by Gasteiger charge is -2.18. The Labute approximate surface area is 105 Å². The number of rotatable bonds is 2. The second-order valence-electron chi connectivity index (χ2n) is 4.94. The first-order valence-corrected chi connectivity index (χ1v) is 5.70. The summed E-state index contributed by atoms with van der Waals surface area (Å²) < 4.78 is 5.60. The third-order valence-corrected chi connectivity index (χ3v) is 3.73. The Morgan fingerprint density at radius 2 is 1.89 bits per heavy atom. The third kappa shape index (κ3) is 1.50. The Morgan fingerprint density at radius 3 is 2.39 bits per heavy atom. The molecule has 0 aliphatic carbocycles. The smallest absolute Gasteiger partial charge is 0.348 e. The molecule has 2 rings (SSSR count). The lowest BCUT2D eigenvalue weighted by Crippen LogP contribution is -2.39. The second-order valence-corrected chi connectivity index (χ2v) is 4.94. The van der Waals surface area contributed by atoms with Crippen LogP contribution in [0.2, 0.25) is 0 Å². The van der Waals surface area contributed by atoms with Crippen LogP contribution in [-0.4, -0.2) is 16.7 Å². The van der Waals surface area contributed by atoms with Gasteiger partial charge in [0.05, 0.1) is 0 Å². The highest BCUT2D eigenvalue weighted by Gasteiger charge is 2.44. The maximum absolute atomic E-state index is 11.2. The van der Waals surface area contributed by atoms with Crippen molar-refractivity contribution in [3.05, 3.63) is 27.2 Å². The maximum Gasteiger partial charge on any atom is 0.348 e. The Morgan fingerprint density at radius 1 is 1.28 bits per heavy atom. The first-order valence-electron chi connectivity index (χ1n) is 5.70. The van der Waals surface area contributed by atoms with Crippen molar-refractivity contribution < 1.29 is 14.6 Å². The van der Waals surface area contributed by atoms with Gasteiger partial charge < -0.3 is 9.84 Å². The highest BCUT2D eigenvalue weighted by atomic mass is 16.5. The SMILES string of the molecule is Cc1c(C)c2c(c(C)c1N=O)CC(C)(C(=O)O)O2. The summed E-state index contributed by atoms with van der Waals surface area (Å²) in [5.41, 5.74) is 2.16. The van der Waals surface area contributed by atoms with Crippen LogP contribution in [0.4, 0.5) is 5.69 Å². The number of ether oxygens (including phenoxy) is 1. The summed E-state index contributed by atoms with van der Waals surface area (Å²) in [6.45, 7) is 6.92. The van der Waals surface area contributed by atoms with Gasteiger partial charge in [-0.3, -0.25) is 0 Å². The summed E-state index contributed by atoms with van der Waals surface area (Å²) in [5, 5.41) is 12.3. The molecule has 0 radical (unpaired) electrons. The number of carboxylic acids is 1. The Balaban J connectivity index is 2.68. The van der Waals surface area contributed by atoms with Gasteiger partial charge in [-0.25, -0.2) is 4.79 Å². The number of carboxylic acid groups (broad SMARTS) is 1. The van der Waals surface area contributed by atoms with Gasteiger partial charge in [0.25, 0.3) is 0 Å². The van der Waals surface area contributed by atoms with Crippen LogP contribution >= 0.6 is 0 Å². The van der Waals surface area contributed by atoms with E-state index in [0.29, 0.717) is 17.0 Å². The average Bonchev–Trinajstić information content (AvgIpc) is 2.67. The van der Waals surface area contributed by atoms with Crippen molar-refractivity contribution in [2.24, 2.45) is 5.18 Å². The number of benzene rings is 1. The fourth-order valence-corrected chi connectivity index (χ4v) is 2.37. The highest BCUT2D eigenvalue weighted by molar-refractivity contribution is 5.81. The Bertz CT molecular complexity index is 565. The molecular formula is C13H15NO4. The molecule has 0 saturated heterocycles. The summed E-state index contributed by atoms with van der Waals surface area (Å²) >= 11 is 0. The normalized spacial score (nSPS) is 21.3. The predicted molar refractivity (Wildman–Crippen MR) is 66.5 cm³/mol. The van der Waals surface area contributed by atoms with Crippen molar-refractivity contribution in [1.82, 2.24) is 0 Å². The van der Waals surface area contributed by atoms with Gasteiger partial charge in [0.15, 0.2) is 0 Å². The Hall–Kier alpha value is -1.91. The van der Waals surface area contributed by atoms with Gasteiger partial charge in [-0.15, -0.1) is 4.91 Å². The number of carbonyl (C=O) groups is 1. The standard InChI is InChI=1S/C13H15NO4/c1-6-7(2)11-9(8(3)10(6)14-17)5-13(4,18-11)12(15)16/h5H2,1-4H3,(H,15,16). The van der Waals surface area contributed by atoms with Gasteiger partial charge in [-0.05, 0) is 49.6 Å². The van der Waals surface area contributed by atoms with Crippen molar-refractivity contribution in [2.75, 3.05) is 0 Å². The zero-order chi connectivity index (χ0) is 13.7. The number of aliphatic carboxylic acids is 1. The largest absolute Gasteiger partial charge is 0.478 e. The van der Waals surface area contributed by atoms with Crippen LogP contribution in [-0.2, 0) is 11.2 Å². The predicted octanol–water partition coefficient (Wildman–Crippen LogP) is 2.79. The number of nitroso groups, excluding NO2 is 1. The molecule has 18 heavy (non-hydrogen) atoms. The zero-order valence-corrected chi connectivity index (χ0v) is 10.8.